The zero-order chi connectivity index (χ0) is 19.1. The van der Waals surface area contributed by atoms with Crippen molar-refractivity contribution in [3.8, 4) is 11.5 Å². The van der Waals surface area contributed by atoms with Crippen LogP contribution < -0.4 is 15.0 Å². The van der Waals surface area contributed by atoms with Crippen molar-refractivity contribution >= 4 is 16.7 Å². The van der Waals surface area contributed by atoms with Crippen molar-refractivity contribution in [2.45, 2.75) is 13.3 Å². The van der Waals surface area contributed by atoms with E-state index in [0.717, 1.165) is 5.75 Å². The number of hydrogen-bond acceptors (Lipinski definition) is 6. The van der Waals surface area contributed by atoms with Crippen molar-refractivity contribution in [2.24, 2.45) is 0 Å². The standard InChI is InChI=1S/C20H20N2O5/c1-2-25-14-7-9-15(10-8-14)26-11-12-27-19(23)13-18-16-5-3-4-6-17(16)20(24)22-21-18/h3-10H,2,11-13H2,1H3,(H,22,24). The number of H-pyrrole nitrogens is 1. The third-order valence-corrected chi connectivity index (χ3v) is 3.84. The summed E-state index contributed by atoms with van der Waals surface area (Å²) >= 11 is 0. The first-order valence-electron chi connectivity index (χ1n) is 8.65. The van der Waals surface area contributed by atoms with Crippen molar-refractivity contribution in [3.05, 3.63) is 64.6 Å². The Kier molecular flexibility index (Phi) is 6.04. The number of hydrogen-bond donors (Lipinski definition) is 1. The lowest BCUT2D eigenvalue weighted by molar-refractivity contribution is -0.143. The number of esters is 1. The van der Waals surface area contributed by atoms with E-state index >= 15 is 0 Å². The summed E-state index contributed by atoms with van der Waals surface area (Å²) in [6.45, 7) is 2.88. The predicted octanol–water partition coefficient (Wildman–Crippen LogP) is 2.49. The van der Waals surface area contributed by atoms with Gasteiger partial charge in [0.2, 0.25) is 0 Å². The van der Waals surface area contributed by atoms with Crippen molar-refractivity contribution in [2.75, 3.05) is 19.8 Å². The van der Waals surface area contributed by atoms with Gasteiger partial charge < -0.3 is 14.2 Å². The number of carbonyl (C=O) groups is 1. The molecular formula is C20H20N2O5. The second-order valence-corrected chi connectivity index (χ2v) is 5.70. The van der Waals surface area contributed by atoms with Gasteiger partial charge in [0.05, 0.1) is 24.1 Å². The molecule has 0 fully saturated rings. The molecule has 7 heteroatoms. The largest absolute Gasteiger partial charge is 0.494 e. The minimum absolute atomic E-state index is 0.0274. The summed E-state index contributed by atoms with van der Waals surface area (Å²) in [6, 6.07) is 14.2. The molecule has 0 aliphatic rings. The van der Waals surface area contributed by atoms with Gasteiger partial charge in [-0.2, -0.15) is 5.10 Å². The Morgan fingerprint density at radius 2 is 1.63 bits per heavy atom. The van der Waals surface area contributed by atoms with Gasteiger partial charge in [-0.25, -0.2) is 5.10 Å². The highest BCUT2D eigenvalue weighted by Crippen LogP contribution is 2.17. The van der Waals surface area contributed by atoms with E-state index in [1.165, 1.54) is 0 Å². The van der Waals surface area contributed by atoms with Crippen LogP contribution in [0.15, 0.2) is 53.3 Å². The minimum atomic E-state index is -0.435. The Balaban J connectivity index is 1.49. The third-order valence-electron chi connectivity index (χ3n) is 3.84. The lowest BCUT2D eigenvalue weighted by Crippen LogP contribution is -2.17. The second-order valence-electron chi connectivity index (χ2n) is 5.70. The van der Waals surface area contributed by atoms with Crippen LogP contribution in [0.3, 0.4) is 0 Å². The van der Waals surface area contributed by atoms with Crippen LogP contribution in [0.1, 0.15) is 12.6 Å². The maximum atomic E-state index is 12.0. The van der Waals surface area contributed by atoms with Gasteiger partial charge in [0.15, 0.2) is 0 Å². The molecule has 0 amide bonds. The molecule has 0 aliphatic heterocycles. The Labute approximate surface area is 155 Å². The Morgan fingerprint density at radius 3 is 2.33 bits per heavy atom. The SMILES string of the molecule is CCOc1ccc(OCCOC(=O)Cc2n[nH]c(=O)c3ccccc23)cc1. The first-order valence-corrected chi connectivity index (χ1v) is 8.65. The zero-order valence-corrected chi connectivity index (χ0v) is 14.9. The van der Waals surface area contributed by atoms with E-state index in [2.05, 4.69) is 10.2 Å². The van der Waals surface area contributed by atoms with E-state index in [-0.39, 0.29) is 25.2 Å². The number of benzene rings is 2. The van der Waals surface area contributed by atoms with Crippen molar-refractivity contribution in [1.29, 1.82) is 0 Å². The molecule has 140 valence electrons. The Bertz CT molecular complexity index is 966. The number of nitrogens with zero attached hydrogens (tertiary/aromatic N) is 1. The monoisotopic (exact) mass is 368 g/mol. The van der Waals surface area contributed by atoms with E-state index in [4.69, 9.17) is 14.2 Å². The molecule has 3 rings (SSSR count). The Morgan fingerprint density at radius 1 is 0.963 bits per heavy atom. The molecule has 2 aromatic carbocycles. The van der Waals surface area contributed by atoms with Crippen molar-refractivity contribution < 1.29 is 19.0 Å². The molecule has 0 radical (unpaired) electrons. The van der Waals surface area contributed by atoms with Gasteiger partial charge in [0.1, 0.15) is 24.7 Å². The van der Waals surface area contributed by atoms with Gasteiger partial charge in [0, 0.05) is 5.39 Å². The van der Waals surface area contributed by atoms with Gasteiger partial charge in [-0.1, -0.05) is 18.2 Å². The summed E-state index contributed by atoms with van der Waals surface area (Å²) in [7, 11) is 0. The first-order chi connectivity index (χ1) is 13.2. The maximum Gasteiger partial charge on any atom is 0.312 e. The normalized spacial score (nSPS) is 10.6. The van der Waals surface area contributed by atoms with Crippen LogP contribution in [0, 0.1) is 0 Å². The van der Waals surface area contributed by atoms with Crippen LogP contribution in [0.25, 0.3) is 10.8 Å². The van der Waals surface area contributed by atoms with Crippen LogP contribution in [0.2, 0.25) is 0 Å². The van der Waals surface area contributed by atoms with Gasteiger partial charge in [-0.05, 0) is 37.3 Å². The number of carbonyl (C=O) groups excluding carboxylic acids is 1. The maximum absolute atomic E-state index is 12.0. The highest BCUT2D eigenvalue weighted by atomic mass is 16.6. The van der Waals surface area contributed by atoms with Crippen LogP contribution in [-0.2, 0) is 16.0 Å². The smallest absolute Gasteiger partial charge is 0.312 e. The van der Waals surface area contributed by atoms with E-state index in [1.54, 1.807) is 36.4 Å². The molecule has 0 saturated heterocycles. The second kappa shape index (κ2) is 8.84. The molecule has 7 nitrogen and oxygen atoms in total. The number of nitrogens with one attached hydrogen (secondary N) is 1. The van der Waals surface area contributed by atoms with E-state index < -0.39 is 5.97 Å². The number of aromatic nitrogens is 2. The molecule has 0 saturated carbocycles. The molecule has 1 N–H and O–H groups in total. The summed E-state index contributed by atoms with van der Waals surface area (Å²) in [5.41, 5.74) is 0.189. The highest BCUT2D eigenvalue weighted by molar-refractivity contribution is 5.86. The number of rotatable bonds is 8. The van der Waals surface area contributed by atoms with Gasteiger partial charge >= 0.3 is 5.97 Å². The van der Waals surface area contributed by atoms with Gasteiger partial charge in [-0.3, -0.25) is 9.59 Å². The molecule has 0 aliphatic carbocycles. The van der Waals surface area contributed by atoms with Crippen molar-refractivity contribution in [3.63, 3.8) is 0 Å². The van der Waals surface area contributed by atoms with E-state index in [0.29, 0.717) is 28.8 Å². The molecule has 0 unspecified atom stereocenters. The fraction of sp³-hybridized carbons (Fsp3) is 0.250. The summed E-state index contributed by atoms with van der Waals surface area (Å²) < 4.78 is 16.1. The van der Waals surface area contributed by atoms with Crippen molar-refractivity contribution in [1.82, 2.24) is 10.2 Å². The van der Waals surface area contributed by atoms with Gasteiger partial charge in [-0.15, -0.1) is 0 Å². The number of ether oxygens (including phenoxy) is 3. The summed E-state index contributed by atoms with van der Waals surface area (Å²) in [6.07, 6.45) is -0.0274. The lowest BCUT2D eigenvalue weighted by atomic mass is 10.1. The fourth-order valence-corrected chi connectivity index (χ4v) is 2.61. The topological polar surface area (TPSA) is 90.5 Å². The molecule has 3 aromatic rings. The average molecular weight is 368 g/mol. The zero-order valence-electron chi connectivity index (χ0n) is 14.9. The molecule has 27 heavy (non-hydrogen) atoms. The molecule has 0 atom stereocenters. The molecular weight excluding hydrogens is 348 g/mol. The van der Waals surface area contributed by atoms with Crippen LogP contribution >= 0.6 is 0 Å². The van der Waals surface area contributed by atoms with Crippen LogP contribution in [0.4, 0.5) is 0 Å². The minimum Gasteiger partial charge on any atom is -0.494 e. The van der Waals surface area contributed by atoms with Crippen LogP contribution in [0.5, 0.6) is 11.5 Å². The highest BCUT2D eigenvalue weighted by Gasteiger charge is 2.11. The number of aromatic amines is 1. The van der Waals surface area contributed by atoms with Crippen LogP contribution in [-0.4, -0.2) is 36.0 Å². The average Bonchev–Trinajstić information content (AvgIpc) is 2.69. The first kappa shape index (κ1) is 18.4. The molecule has 0 bridgehead atoms. The molecule has 1 heterocycles. The fourth-order valence-electron chi connectivity index (χ4n) is 2.61. The Hall–Kier alpha value is -3.35. The predicted molar refractivity (Wildman–Crippen MR) is 100 cm³/mol. The van der Waals surface area contributed by atoms with Gasteiger partial charge in [0.25, 0.3) is 5.56 Å². The quantitative estimate of drug-likeness (QED) is 0.485. The third kappa shape index (κ3) is 4.84. The summed E-state index contributed by atoms with van der Waals surface area (Å²) in [5, 5.41) is 7.50. The number of fused-ring (bicyclic) bond motifs is 1. The lowest BCUT2D eigenvalue weighted by Gasteiger charge is -2.09. The summed E-state index contributed by atoms with van der Waals surface area (Å²) in [5.74, 6) is 1.01. The summed E-state index contributed by atoms with van der Waals surface area (Å²) in [4.78, 5) is 23.8. The van der Waals surface area contributed by atoms with E-state index in [9.17, 15) is 9.59 Å². The van der Waals surface area contributed by atoms with E-state index in [1.807, 2.05) is 19.1 Å². The molecule has 1 aromatic heterocycles. The molecule has 0 spiro atoms.